The van der Waals surface area contributed by atoms with Gasteiger partial charge in [-0.1, -0.05) is 54.1 Å². The van der Waals surface area contributed by atoms with E-state index < -0.39 is 0 Å². The largest absolute Gasteiger partial charge is 0.493 e. The van der Waals surface area contributed by atoms with Crippen LogP contribution in [0.2, 0.25) is 0 Å². The van der Waals surface area contributed by atoms with Crippen LogP contribution in [0.4, 0.5) is 5.69 Å². The number of hydrogen-bond acceptors (Lipinski definition) is 3. The van der Waals surface area contributed by atoms with Gasteiger partial charge >= 0.3 is 0 Å². The number of benzene rings is 3. The number of methoxy groups -OCH3 is 1. The fraction of sp³-hybridized carbons (Fsp3) is 0.192. The van der Waals surface area contributed by atoms with Gasteiger partial charge in [0.15, 0.2) is 11.5 Å². The Labute approximate surface area is 178 Å². The summed E-state index contributed by atoms with van der Waals surface area (Å²) in [7, 11) is 1.61. The van der Waals surface area contributed by atoms with Crippen LogP contribution in [0.15, 0.2) is 66.7 Å². The molecule has 0 saturated carbocycles. The predicted octanol–water partition coefficient (Wildman–Crippen LogP) is 5.85. The lowest BCUT2D eigenvalue weighted by molar-refractivity contribution is -0.111. The van der Waals surface area contributed by atoms with Crippen LogP contribution in [0.1, 0.15) is 27.8 Å². The predicted molar refractivity (Wildman–Crippen MR) is 122 cm³/mol. The van der Waals surface area contributed by atoms with Crippen molar-refractivity contribution in [2.45, 2.75) is 27.4 Å². The second-order valence-electron chi connectivity index (χ2n) is 7.28. The second kappa shape index (κ2) is 9.79. The van der Waals surface area contributed by atoms with Crippen LogP contribution >= 0.6 is 0 Å². The van der Waals surface area contributed by atoms with Crippen LogP contribution in [-0.4, -0.2) is 13.0 Å². The van der Waals surface area contributed by atoms with E-state index in [9.17, 15) is 4.79 Å². The summed E-state index contributed by atoms with van der Waals surface area (Å²) in [5, 5.41) is 2.97. The Hall–Kier alpha value is -3.53. The van der Waals surface area contributed by atoms with Crippen LogP contribution in [0, 0.1) is 20.8 Å². The van der Waals surface area contributed by atoms with E-state index in [1.807, 2.05) is 69.3 Å². The molecule has 0 radical (unpaired) electrons. The molecule has 1 N–H and O–H groups in total. The van der Waals surface area contributed by atoms with Gasteiger partial charge in [-0.3, -0.25) is 4.79 Å². The van der Waals surface area contributed by atoms with Crippen molar-refractivity contribution in [3.05, 3.63) is 94.6 Å². The van der Waals surface area contributed by atoms with E-state index in [4.69, 9.17) is 9.47 Å². The Morgan fingerprint density at radius 3 is 2.30 bits per heavy atom. The van der Waals surface area contributed by atoms with Crippen LogP contribution in [0.5, 0.6) is 11.5 Å². The molecule has 0 fully saturated rings. The van der Waals surface area contributed by atoms with Crippen molar-refractivity contribution in [3.63, 3.8) is 0 Å². The maximum atomic E-state index is 12.4. The first kappa shape index (κ1) is 21.2. The Morgan fingerprint density at radius 2 is 1.63 bits per heavy atom. The molecule has 0 saturated heterocycles. The number of hydrogen-bond donors (Lipinski definition) is 1. The molecule has 3 aromatic carbocycles. The Balaban J connectivity index is 1.67. The number of amides is 1. The van der Waals surface area contributed by atoms with E-state index >= 15 is 0 Å². The average molecular weight is 402 g/mol. The molecule has 154 valence electrons. The molecule has 0 aliphatic heterocycles. The van der Waals surface area contributed by atoms with Crippen molar-refractivity contribution in [3.8, 4) is 11.5 Å². The Morgan fingerprint density at radius 1 is 0.933 bits per heavy atom. The van der Waals surface area contributed by atoms with Crippen molar-refractivity contribution in [1.29, 1.82) is 0 Å². The third-order valence-corrected chi connectivity index (χ3v) is 4.78. The summed E-state index contributed by atoms with van der Waals surface area (Å²) in [5.41, 5.74) is 6.08. The molecular weight excluding hydrogens is 374 g/mol. The lowest BCUT2D eigenvalue weighted by Gasteiger charge is -2.12. The Bertz CT molecular complexity index is 1030. The summed E-state index contributed by atoms with van der Waals surface area (Å²) in [5.74, 6) is 1.11. The molecule has 4 heteroatoms. The molecular formula is C26H27NO3. The van der Waals surface area contributed by atoms with Gasteiger partial charge in [0.05, 0.1) is 7.11 Å². The first-order valence-electron chi connectivity index (χ1n) is 9.88. The highest BCUT2D eigenvalue weighted by molar-refractivity contribution is 6.02. The van der Waals surface area contributed by atoms with Crippen LogP contribution in [-0.2, 0) is 11.4 Å². The summed E-state index contributed by atoms with van der Waals surface area (Å²) in [4.78, 5) is 12.4. The zero-order chi connectivity index (χ0) is 21.5. The lowest BCUT2D eigenvalue weighted by atomic mass is 10.1. The van der Waals surface area contributed by atoms with Gasteiger partial charge in [-0.25, -0.2) is 0 Å². The first-order valence-corrected chi connectivity index (χ1v) is 9.88. The SMILES string of the molecule is COc1cc(C=CC(=O)Nc2c(C)cc(C)cc2C)ccc1OCc1ccccc1. The van der Waals surface area contributed by atoms with Gasteiger partial charge in [-0.15, -0.1) is 0 Å². The highest BCUT2D eigenvalue weighted by atomic mass is 16.5. The maximum Gasteiger partial charge on any atom is 0.248 e. The molecule has 0 aliphatic carbocycles. The van der Waals surface area contributed by atoms with Crippen molar-refractivity contribution in [2.75, 3.05) is 12.4 Å². The minimum atomic E-state index is -0.173. The van der Waals surface area contributed by atoms with Gasteiger partial charge in [-0.05, 0) is 61.2 Å². The highest BCUT2D eigenvalue weighted by Gasteiger charge is 2.08. The molecule has 0 atom stereocenters. The van der Waals surface area contributed by atoms with E-state index in [0.717, 1.165) is 27.9 Å². The van der Waals surface area contributed by atoms with Crippen molar-refractivity contribution in [1.82, 2.24) is 0 Å². The number of nitrogens with one attached hydrogen (secondary N) is 1. The quantitative estimate of drug-likeness (QED) is 0.505. The minimum Gasteiger partial charge on any atom is -0.493 e. The van der Waals surface area contributed by atoms with Gasteiger partial charge in [0.1, 0.15) is 6.61 Å². The van der Waals surface area contributed by atoms with Crippen LogP contribution < -0.4 is 14.8 Å². The fourth-order valence-electron chi connectivity index (χ4n) is 3.36. The first-order chi connectivity index (χ1) is 14.5. The number of carbonyl (C=O) groups excluding carboxylic acids is 1. The molecule has 0 spiro atoms. The average Bonchev–Trinajstić information content (AvgIpc) is 2.74. The van der Waals surface area contributed by atoms with E-state index in [1.165, 1.54) is 11.6 Å². The third kappa shape index (κ3) is 5.51. The lowest BCUT2D eigenvalue weighted by Crippen LogP contribution is -2.10. The normalized spacial score (nSPS) is 10.8. The third-order valence-electron chi connectivity index (χ3n) is 4.78. The van der Waals surface area contributed by atoms with Gasteiger partial charge in [0, 0.05) is 11.8 Å². The summed E-state index contributed by atoms with van der Waals surface area (Å²) in [6.45, 7) is 6.51. The zero-order valence-electron chi connectivity index (χ0n) is 17.9. The number of ether oxygens (including phenoxy) is 2. The minimum absolute atomic E-state index is 0.173. The molecule has 0 heterocycles. The van der Waals surface area contributed by atoms with E-state index in [1.54, 1.807) is 13.2 Å². The highest BCUT2D eigenvalue weighted by Crippen LogP contribution is 2.29. The summed E-state index contributed by atoms with van der Waals surface area (Å²) >= 11 is 0. The molecule has 0 aromatic heterocycles. The van der Waals surface area contributed by atoms with E-state index in [2.05, 4.69) is 17.4 Å². The summed E-state index contributed by atoms with van der Waals surface area (Å²) in [6.07, 6.45) is 3.29. The molecule has 1 amide bonds. The Kier molecular flexibility index (Phi) is 6.91. The number of carbonyl (C=O) groups is 1. The van der Waals surface area contributed by atoms with Gasteiger partial charge < -0.3 is 14.8 Å². The summed E-state index contributed by atoms with van der Waals surface area (Å²) < 4.78 is 11.3. The molecule has 0 unspecified atom stereocenters. The van der Waals surface area contributed by atoms with Crippen molar-refractivity contribution in [2.24, 2.45) is 0 Å². The molecule has 3 rings (SSSR count). The summed E-state index contributed by atoms with van der Waals surface area (Å²) in [6, 6.07) is 19.7. The maximum absolute atomic E-state index is 12.4. The van der Waals surface area contributed by atoms with Crippen LogP contribution in [0.25, 0.3) is 6.08 Å². The van der Waals surface area contributed by atoms with Crippen molar-refractivity contribution >= 4 is 17.7 Å². The molecule has 0 aliphatic rings. The van der Waals surface area contributed by atoms with Gasteiger partial charge in [0.25, 0.3) is 0 Å². The molecule has 3 aromatic rings. The van der Waals surface area contributed by atoms with E-state index in [0.29, 0.717) is 18.1 Å². The molecule has 30 heavy (non-hydrogen) atoms. The monoisotopic (exact) mass is 401 g/mol. The zero-order valence-corrected chi connectivity index (χ0v) is 17.9. The van der Waals surface area contributed by atoms with Crippen LogP contribution in [0.3, 0.4) is 0 Å². The van der Waals surface area contributed by atoms with Crippen molar-refractivity contribution < 1.29 is 14.3 Å². The standard InChI is InChI=1S/C26H27NO3/c1-18-14-19(2)26(20(3)15-18)27-25(28)13-11-21-10-12-23(24(16-21)29-4)30-17-22-8-6-5-7-9-22/h5-16H,17H2,1-4H3,(H,27,28). The van der Waals surface area contributed by atoms with Gasteiger partial charge in [-0.2, -0.15) is 0 Å². The number of rotatable bonds is 7. The molecule has 0 bridgehead atoms. The van der Waals surface area contributed by atoms with Gasteiger partial charge in [0.2, 0.25) is 5.91 Å². The smallest absolute Gasteiger partial charge is 0.248 e. The molecule has 4 nitrogen and oxygen atoms in total. The van der Waals surface area contributed by atoms with E-state index in [-0.39, 0.29) is 5.91 Å². The number of anilines is 1. The second-order valence-corrected chi connectivity index (χ2v) is 7.28. The topological polar surface area (TPSA) is 47.6 Å². The number of aryl methyl sites for hydroxylation is 3. The fourth-order valence-corrected chi connectivity index (χ4v) is 3.36.